The van der Waals surface area contributed by atoms with Gasteiger partial charge in [0.15, 0.2) is 5.96 Å². The van der Waals surface area contributed by atoms with Crippen molar-refractivity contribution in [2.45, 2.75) is 31.6 Å². The van der Waals surface area contributed by atoms with Gasteiger partial charge in [0.25, 0.3) is 0 Å². The van der Waals surface area contributed by atoms with Crippen LogP contribution in [-0.4, -0.2) is 12.5 Å². The molecule has 1 saturated carbocycles. The van der Waals surface area contributed by atoms with Crippen LogP contribution in [0.5, 0.6) is 0 Å². The number of hydrogen-bond acceptors (Lipinski definition) is 1. The van der Waals surface area contributed by atoms with Crippen molar-refractivity contribution in [1.29, 1.82) is 0 Å². The second kappa shape index (κ2) is 7.96. The van der Waals surface area contributed by atoms with Crippen LogP contribution < -0.4 is 11.1 Å². The minimum Gasteiger partial charge on any atom is -0.370 e. The highest BCUT2D eigenvalue weighted by molar-refractivity contribution is 14.0. The molecule has 0 aliphatic heterocycles. The van der Waals surface area contributed by atoms with E-state index in [1.165, 1.54) is 17.7 Å². The molecule has 1 aliphatic rings. The van der Waals surface area contributed by atoms with Gasteiger partial charge in [0.05, 0.1) is 6.54 Å². The summed E-state index contributed by atoms with van der Waals surface area (Å²) in [7, 11) is 0. The first-order valence-corrected chi connectivity index (χ1v) is 8.03. The molecule has 2 aromatic carbocycles. The van der Waals surface area contributed by atoms with Crippen LogP contribution in [-0.2, 0) is 11.8 Å². The summed E-state index contributed by atoms with van der Waals surface area (Å²) in [6, 6.07) is 14.9. The predicted octanol–water partition coefficient (Wildman–Crippen LogP) is 4.46. The summed E-state index contributed by atoms with van der Waals surface area (Å²) in [6.45, 7) is 2.75. The van der Waals surface area contributed by atoms with Gasteiger partial charge in [-0.25, -0.2) is 4.39 Å². The lowest BCUT2D eigenvalue weighted by Gasteiger charge is -2.14. The first-order valence-electron chi connectivity index (χ1n) is 8.03. The second-order valence-corrected chi connectivity index (χ2v) is 6.17. The summed E-state index contributed by atoms with van der Waals surface area (Å²) in [5.74, 6) is 0.219. The van der Waals surface area contributed by atoms with Crippen LogP contribution in [0.4, 0.5) is 10.1 Å². The lowest BCUT2D eigenvalue weighted by molar-refractivity contribution is 0.623. The standard InChI is InChI=1S/C19H22FN3.HI/c1-2-14-4-3-5-17(12-14)23-18(21)22-13-19(10-11-19)15-6-8-16(20)9-7-15;/h3-9,12H,2,10-11,13H2,1H3,(H3,21,22,23);1H. The SMILES string of the molecule is CCc1cccc(NC(N)=NCC2(c3ccc(F)cc3)CC2)c1.I. The number of nitrogens with one attached hydrogen (secondary N) is 1. The molecule has 0 aromatic heterocycles. The van der Waals surface area contributed by atoms with E-state index in [1.54, 1.807) is 0 Å². The minimum absolute atomic E-state index is 0. The molecule has 0 saturated heterocycles. The summed E-state index contributed by atoms with van der Waals surface area (Å²) in [5.41, 5.74) is 9.40. The zero-order valence-corrected chi connectivity index (χ0v) is 16.1. The number of aryl methyl sites for hydroxylation is 1. The number of nitrogens with two attached hydrogens (primary N) is 1. The van der Waals surface area contributed by atoms with E-state index in [4.69, 9.17) is 5.73 Å². The minimum atomic E-state index is -0.204. The maximum Gasteiger partial charge on any atom is 0.193 e. The molecule has 2 aromatic rings. The Balaban J connectivity index is 0.00000208. The number of guanidine groups is 1. The third-order valence-corrected chi connectivity index (χ3v) is 4.47. The highest BCUT2D eigenvalue weighted by atomic mass is 127. The molecule has 3 rings (SSSR count). The molecule has 5 heteroatoms. The summed E-state index contributed by atoms with van der Waals surface area (Å²) >= 11 is 0. The molecule has 3 N–H and O–H groups in total. The van der Waals surface area contributed by atoms with Crippen molar-refractivity contribution in [1.82, 2.24) is 0 Å². The largest absolute Gasteiger partial charge is 0.370 e. The highest BCUT2D eigenvalue weighted by Gasteiger charge is 2.44. The van der Waals surface area contributed by atoms with E-state index in [1.807, 2.05) is 24.3 Å². The number of halogens is 2. The van der Waals surface area contributed by atoms with Gasteiger partial charge in [-0.2, -0.15) is 0 Å². The van der Waals surface area contributed by atoms with Crippen molar-refractivity contribution in [3.05, 3.63) is 65.5 Å². The van der Waals surface area contributed by atoms with Gasteiger partial charge in [-0.15, -0.1) is 24.0 Å². The van der Waals surface area contributed by atoms with E-state index in [0.29, 0.717) is 12.5 Å². The predicted molar refractivity (Wildman–Crippen MR) is 109 cm³/mol. The molecule has 0 amide bonds. The lowest BCUT2D eigenvalue weighted by atomic mass is 9.96. The quantitative estimate of drug-likeness (QED) is 0.411. The van der Waals surface area contributed by atoms with Crippen molar-refractivity contribution in [3.8, 4) is 0 Å². The van der Waals surface area contributed by atoms with Crippen molar-refractivity contribution in [2.24, 2.45) is 10.7 Å². The Hall–Kier alpha value is -1.63. The van der Waals surface area contributed by atoms with Gasteiger partial charge in [-0.1, -0.05) is 31.2 Å². The van der Waals surface area contributed by atoms with Crippen molar-refractivity contribution in [2.75, 3.05) is 11.9 Å². The second-order valence-electron chi connectivity index (χ2n) is 6.17. The van der Waals surface area contributed by atoms with Crippen LogP contribution in [0.25, 0.3) is 0 Å². The number of nitrogens with zero attached hydrogens (tertiary/aromatic N) is 1. The molecule has 0 heterocycles. The van der Waals surface area contributed by atoms with Crippen LogP contribution in [0.2, 0.25) is 0 Å². The summed E-state index contributed by atoms with van der Waals surface area (Å²) < 4.78 is 13.1. The van der Waals surface area contributed by atoms with Gasteiger partial charge in [0.2, 0.25) is 0 Å². The van der Waals surface area contributed by atoms with Gasteiger partial charge in [0.1, 0.15) is 5.82 Å². The Morgan fingerprint density at radius 2 is 1.92 bits per heavy atom. The zero-order valence-electron chi connectivity index (χ0n) is 13.8. The fourth-order valence-electron chi connectivity index (χ4n) is 2.79. The maximum absolute atomic E-state index is 13.1. The molecule has 0 radical (unpaired) electrons. The van der Waals surface area contributed by atoms with Crippen LogP contribution in [0.1, 0.15) is 30.9 Å². The van der Waals surface area contributed by atoms with E-state index >= 15 is 0 Å². The Morgan fingerprint density at radius 3 is 2.54 bits per heavy atom. The zero-order chi connectivity index (χ0) is 16.3. The van der Waals surface area contributed by atoms with Crippen molar-refractivity contribution >= 4 is 35.6 Å². The lowest BCUT2D eigenvalue weighted by Crippen LogP contribution is -2.25. The van der Waals surface area contributed by atoms with Gasteiger partial charge in [0, 0.05) is 11.1 Å². The molecule has 1 fully saturated rings. The number of benzene rings is 2. The molecule has 3 nitrogen and oxygen atoms in total. The Labute approximate surface area is 159 Å². The number of rotatable bonds is 5. The Bertz CT molecular complexity index is 709. The van der Waals surface area contributed by atoms with Crippen molar-refractivity contribution in [3.63, 3.8) is 0 Å². The van der Waals surface area contributed by atoms with E-state index in [0.717, 1.165) is 30.5 Å². The number of hydrogen-bond donors (Lipinski definition) is 2. The fourth-order valence-corrected chi connectivity index (χ4v) is 2.79. The molecule has 0 bridgehead atoms. The monoisotopic (exact) mass is 439 g/mol. The van der Waals surface area contributed by atoms with Gasteiger partial charge in [-0.3, -0.25) is 4.99 Å². The van der Waals surface area contributed by atoms with Crippen molar-refractivity contribution < 1.29 is 4.39 Å². The molecule has 1 aliphatic carbocycles. The number of aliphatic imine (C=N–C) groups is 1. The van der Waals surface area contributed by atoms with Crippen LogP contribution in [0.15, 0.2) is 53.5 Å². The smallest absolute Gasteiger partial charge is 0.193 e. The van der Waals surface area contributed by atoms with Crippen LogP contribution in [0, 0.1) is 5.82 Å². The average Bonchev–Trinajstić information content (AvgIpc) is 3.35. The first-order chi connectivity index (χ1) is 11.1. The Morgan fingerprint density at radius 1 is 1.21 bits per heavy atom. The summed E-state index contributed by atoms with van der Waals surface area (Å²) in [5, 5.41) is 3.15. The van der Waals surface area contributed by atoms with Gasteiger partial charge in [-0.05, 0) is 54.7 Å². The summed E-state index contributed by atoms with van der Waals surface area (Å²) in [4.78, 5) is 4.50. The normalized spacial score (nSPS) is 15.5. The van der Waals surface area contributed by atoms with E-state index in [-0.39, 0.29) is 35.2 Å². The number of anilines is 1. The Kier molecular flexibility index (Phi) is 6.21. The van der Waals surface area contributed by atoms with Gasteiger partial charge >= 0.3 is 0 Å². The first kappa shape index (κ1) is 18.7. The van der Waals surface area contributed by atoms with Crippen LogP contribution in [0.3, 0.4) is 0 Å². The molecular formula is C19H23FIN3. The van der Waals surface area contributed by atoms with E-state index in [2.05, 4.69) is 29.4 Å². The van der Waals surface area contributed by atoms with E-state index in [9.17, 15) is 4.39 Å². The van der Waals surface area contributed by atoms with Crippen LogP contribution >= 0.6 is 24.0 Å². The molecule has 0 unspecified atom stereocenters. The third-order valence-electron chi connectivity index (χ3n) is 4.47. The third kappa shape index (κ3) is 4.47. The molecule has 24 heavy (non-hydrogen) atoms. The summed E-state index contributed by atoms with van der Waals surface area (Å²) in [6.07, 6.45) is 3.13. The maximum atomic E-state index is 13.1. The molecule has 0 spiro atoms. The molecule has 128 valence electrons. The fraction of sp³-hybridized carbons (Fsp3) is 0.316. The van der Waals surface area contributed by atoms with E-state index < -0.39 is 0 Å². The highest BCUT2D eigenvalue weighted by Crippen LogP contribution is 2.48. The van der Waals surface area contributed by atoms with Gasteiger partial charge < -0.3 is 11.1 Å². The molecule has 0 atom stereocenters. The average molecular weight is 439 g/mol. The molecular weight excluding hydrogens is 416 g/mol. The topological polar surface area (TPSA) is 50.4 Å².